The number of nitro groups is 1. The lowest BCUT2D eigenvalue weighted by atomic mass is 9.99. The number of nitrogens with zero attached hydrogens (tertiary/aromatic N) is 1. The molecule has 1 aromatic carbocycles. The predicted molar refractivity (Wildman–Crippen MR) is 81.1 cm³/mol. The Kier molecular flexibility index (Phi) is 7.17. The summed E-state index contributed by atoms with van der Waals surface area (Å²) in [5.41, 5.74) is 6.72. The lowest BCUT2D eigenvalue weighted by Crippen LogP contribution is -2.40. The van der Waals surface area contributed by atoms with Gasteiger partial charge in [0.15, 0.2) is 0 Å². The van der Waals surface area contributed by atoms with Crippen LogP contribution in [0.4, 0.5) is 11.4 Å². The van der Waals surface area contributed by atoms with Crippen LogP contribution in [0.2, 0.25) is 0 Å². The average molecular weight is 302 g/mol. The number of nitro benzene ring substituents is 1. The Labute approximate surface area is 124 Å². The lowest BCUT2D eigenvalue weighted by molar-refractivity contribution is -0.385. The zero-order chi connectivity index (χ0) is 14.6. The van der Waals surface area contributed by atoms with E-state index >= 15 is 0 Å². The molecular weight excluding hydrogens is 282 g/mol. The van der Waals surface area contributed by atoms with Crippen LogP contribution in [0, 0.1) is 23.0 Å². The molecule has 7 heteroatoms. The molecule has 0 saturated carbocycles. The first-order valence-corrected chi connectivity index (χ1v) is 6.18. The molecule has 3 N–H and O–H groups in total. The molecule has 0 aliphatic heterocycles. The number of hydrogen-bond acceptors (Lipinski definition) is 4. The Morgan fingerprint density at radius 2 is 2.10 bits per heavy atom. The molecule has 112 valence electrons. The first kappa shape index (κ1) is 18.3. The van der Waals surface area contributed by atoms with Crippen molar-refractivity contribution in [3.8, 4) is 0 Å². The summed E-state index contributed by atoms with van der Waals surface area (Å²) in [4.78, 5) is 22.2. The third-order valence-electron chi connectivity index (χ3n) is 3.23. The molecule has 1 amide bonds. The normalized spacial score (nSPS) is 13.0. The zero-order valence-electron chi connectivity index (χ0n) is 11.8. The standard InChI is InChI=1S/C13H19N3O3.ClH/c1-4-8(2)12(14)13(17)15-10-6-5-9(3)11(7-10)16(18)19;/h5-8,12H,4,14H2,1-3H3,(H,15,17);1H. The summed E-state index contributed by atoms with van der Waals surface area (Å²) < 4.78 is 0. The van der Waals surface area contributed by atoms with Gasteiger partial charge in [0, 0.05) is 17.3 Å². The summed E-state index contributed by atoms with van der Waals surface area (Å²) in [6.45, 7) is 5.49. The van der Waals surface area contributed by atoms with E-state index in [0.717, 1.165) is 6.42 Å². The second kappa shape index (κ2) is 7.81. The molecule has 0 saturated heterocycles. The van der Waals surface area contributed by atoms with Crippen LogP contribution in [-0.2, 0) is 4.79 Å². The Balaban J connectivity index is 0.00000361. The fraction of sp³-hybridized carbons (Fsp3) is 0.462. The van der Waals surface area contributed by atoms with E-state index in [1.165, 1.54) is 6.07 Å². The monoisotopic (exact) mass is 301 g/mol. The maximum atomic E-state index is 11.9. The maximum Gasteiger partial charge on any atom is 0.274 e. The molecule has 0 aliphatic carbocycles. The van der Waals surface area contributed by atoms with Gasteiger partial charge in [0.1, 0.15) is 0 Å². The molecule has 0 heterocycles. The lowest BCUT2D eigenvalue weighted by Gasteiger charge is -2.17. The number of nitrogens with one attached hydrogen (secondary N) is 1. The second-order valence-corrected chi connectivity index (χ2v) is 4.66. The van der Waals surface area contributed by atoms with Crippen molar-refractivity contribution in [3.05, 3.63) is 33.9 Å². The number of aryl methyl sites for hydroxylation is 1. The van der Waals surface area contributed by atoms with Crippen LogP contribution < -0.4 is 11.1 Å². The smallest absolute Gasteiger partial charge is 0.274 e. The van der Waals surface area contributed by atoms with E-state index in [2.05, 4.69) is 5.32 Å². The Morgan fingerprint density at radius 3 is 2.60 bits per heavy atom. The Morgan fingerprint density at radius 1 is 1.50 bits per heavy atom. The first-order valence-electron chi connectivity index (χ1n) is 6.18. The molecule has 1 rings (SSSR count). The number of anilines is 1. The van der Waals surface area contributed by atoms with Crippen molar-refractivity contribution in [1.29, 1.82) is 0 Å². The highest BCUT2D eigenvalue weighted by Gasteiger charge is 2.20. The van der Waals surface area contributed by atoms with Crippen LogP contribution in [0.1, 0.15) is 25.8 Å². The van der Waals surface area contributed by atoms with Gasteiger partial charge in [-0.3, -0.25) is 14.9 Å². The molecule has 0 aromatic heterocycles. The molecule has 0 radical (unpaired) electrons. The molecule has 2 unspecified atom stereocenters. The van der Waals surface area contributed by atoms with Gasteiger partial charge >= 0.3 is 0 Å². The predicted octanol–water partition coefficient (Wildman–Crippen LogP) is 2.64. The number of carbonyl (C=O) groups is 1. The summed E-state index contributed by atoms with van der Waals surface area (Å²) in [6.07, 6.45) is 0.794. The number of rotatable bonds is 5. The molecule has 20 heavy (non-hydrogen) atoms. The molecule has 0 spiro atoms. The largest absolute Gasteiger partial charge is 0.324 e. The van der Waals surface area contributed by atoms with Crippen LogP contribution in [0.15, 0.2) is 18.2 Å². The molecular formula is C13H20ClN3O3. The van der Waals surface area contributed by atoms with Gasteiger partial charge < -0.3 is 11.1 Å². The number of hydrogen-bond donors (Lipinski definition) is 2. The van der Waals surface area contributed by atoms with Gasteiger partial charge in [-0.1, -0.05) is 26.3 Å². The van der Waals surface area contributed by atoms with Crippen LogP contribution >= 0.6 is 12.4 Å². The molecule has 1 aromatic rings. The van der Waals surface area contributed by atoms with Gasteiger partial charge in [0.2, 0.25) is 5.91 Å². The van der Waals surface area contributed by atoms with Gasteiger partial charge in [0.25, 0.3) is 5.69 Å². The van der Waals surface area contributed by atoms with Crippen molar-refractivity contribution in [2.75, 3.05) is 5.32 Å². The highest BCUT2D eigenvalue weighted by Crippen LogP contribution is 2.22. The maximum absolute atomic E-state index is 11.9. The third kappa shape index (κ3) is 4.47. The first-order chi connectivity index (χ1) is 8.86. The van der Waals surface area contributed by atoms with Gasteiger partial charge in [-0.2, -0.15) is 0 Å². The summed E-state index contributed by atoms with van der Waals surface area (Å²) in [7, 11) is 0. The highest BCUT2D eigenvalue weighted by molar-refractivity contribution is 5.95. The third-order valence-corrected chi connectivity index (χ3v) is 3.23. The van der Waals surface area contributed by atoms with E-state index in [9.17, 15) is 14.9 Å². The van der Waals surface area contributed by atoms with Crippen LogP contribution in [0.3, 0.4) is 0 Å². The van der Waals surface area contributed by atoms with Crippen LogP contribution in [-0.4, -0.2) is 16.9 Å². The Bertz CT molecular complexity index is 494. The van der Waals surface area contributed by atoms with E-state index in [-0.39, 0.29) is 29.9 Å². The molecule has 0 fully saturated rings. The fourth-order valence-electron chi connectivity index (χ4n) is 1.62. The summed E-state index contributed by atoms with van der Waals surface area (Å²) in [6, 6.07) is 3.95. The van der Waals surface area contributed by atoms with Crippen LogP contribution in [0.25, 0.3) is 0 Å². The van der Waals surface area contributed by atoms with Gasteiger partial charge in [-0.25, -0.2) is 0 Å². The molecule has 0 aliphatic rings. The number of halogens is 1. The second-order valence-electron chi connectivity index (χ2n) is 4.66. The number of benzene rings is 1. The van der Waals surface area contributed by atoms with Crippen molar-refractivity contribution in [3.63, 3.8) is 0 Å². The topological polar surface area (TPSA) is 98.3 Å². The van der Waals surface area contributed by atoms with Crippen molar-refractivity contribution >= 4 is 29.7 Å². The van der Waals surface area contributed by atoms with Crippen molar-refractivity contribution < 1.29 is 9.72 Å². The Hall–Kier alpha value is -1.66. The summed E-state index contributed by atoms with van der Waals surface area (Å²) in [5.74, 6) is -0.270. The SMILES string of the molecule is CCC(C)C(N)C(=O)Nc1ccc(C)c([N+](=O)[O-])c1.Cl. The van der Waals surface area contributed by atoms with E-state index in [1.807, 2.05) is 13.8 Å². The van der Waals surface area contributed by atoms with Crippen LogP contribution in [0.5, 0.6) is 0 Å². The number of nitrogens with two attached hydrogens (primary N) is 1. The van der Waals surface area contributed by atoms with E-state index in [1.54, 1.807) is 19.1 Å². The van der Waals surface area contributed by atoms with Crippen molar-refractivity contribution in [2.24, 2.45) is 11.7 Å². The summed E-state index contributed by atoms with van der Waals surface area (Å²) >= 11 is 0. The summed E-state index contributed by atoms with van der Waals surface area (Å²) in [5, 5.41) is 13.4. The van der Waals surface area contributed by atoms with E-state index < -0.39 is 11.0 Å². The zero-order valence-corrected chi connectivity index (χ0v) is 12.6. The quantitative estimate of drug-likeness (QED) is 0.645. The van der Waals surface area contributed by atoms with E-state index in [4.69, 9.17) is 5.73 Å². The number of amides is 1. The minimum absolute atomic E-state index is 0. The van der Waals surface area contributed by atoms with Crippen molar-refractivity contribution in [2.45, 2.75) is 33.2 Å². The van der Waals surface area contributed by atoms with Gasteiger partial charge in [-0.05, 0) is 18.9 Å². The minimum atomic E-state index is -0.620. The molecule has 6 nitrogen and oxygen atoms in total. The molecule has 0 bridgehead atoms. The molecule has 2 atom stereocenters. The van der Waals surface area contributed by atoms with E-state index in [0.29, 0.717) is 11.3 Å². The minimum Gasteiger partial charge on any atom is -0.324 e. The average Bonchev–Trinajstić information content (AvgIpc) is 2.38. The highest BCUT2D eigenvalue weighted by atomic mass is 35.5. The fourth-order valence-corrected chi connectivity index (χ4v) is 1.62. The number of carbonyl (C=O) groups excluding carboxylic acids is 1. The van der Waals surface area contributed by atoms with Gasteiger partial charge in [0.05, 0.1) is 11.0 Å². The van der Waals surface area contributed by atoms with Gasteiger partial charge in [-0.15, -0.1) is 12.4 Å². The van der Waals surface area contributed by atoms with Crippen molar-refractivity contribution in [1.82, 2.24) is 0 Å².